The lowest BCUT2D eigenvalue weighted by atomic mass is 9.92. The zero-order valence-electron chi connectivity index (χ0n) is 23.6. The van der Waals surface area contributed by atoms with E-state index in [1.54, 1.807) is 13.8 Å². The molecule has 4 N–H and O–H groups in total. The van der Waals surface area contributed by atoms with E-state index in [0.29, 0.717) is 0 Å². The molecule has 0 bridgehead atoms. The summed E-state index contributed by atoms with van der Waals surface area (Å²) in [7, 11) is 0. The normalized spacial score (nSPS) is 25.2. The number of aromatic nitrogens is 1. The van der Waals surface area contributed by atoms with Crippen LogP contribution in [0.3, 0.4) is 0 Å². The molecule has 11 nitrogen and oxygen atoms in total. The van der Waals surface area contributed by atoms with Crippen LogP contribution in [0.1, 0.15) is 50.0 Å². The monoisotopic (exact) mass is 613 g/mol. The van der Waals surface area contributed by atoms with E-state index in [-0.39, 0.29) is 17.9 Å². The Bertz CT molecular complexity index is 1390. The Morgan fingerprint density at radius 2 is 1.67 bits per heavy atom. The maximum absolute atomic E-state index is 14.6. The maximum atomic E-state index is 14.6. The van der Waals surface area contributed by atoms with Crippen molar-refractivity contribution >= 4 is 23.8 Å². The molecule has 1 fully saturated rings. The number of ether oxygens (including phenoxy) is 2. The fourth-order valence-corrected chi connectivity index (χ4v) is 4.40. The Balaban J connectivity index is 2.07. The summed E-state index contributed by atoms with van der Waals surface area (Å²) in [5.41, 5.74) is -1.41. The van der Waals surface area contributed by atoms with E-state index in [4.69, 9.17) is 9.47 Å². The Kier molecular flexibility index (Phi) is 10.7. The number of pyridine rings is 1. The van der Waals surface area contributed by atoms with Gasteiger partial charge in [-0.25, -0.2) is 9.18 Å². The number of aromatic hydroxyl groups is 1. The van der Waals surface area contributed by atoms with Crippen LogP contribution < -0.4 is 10.6 Å². The minimum atomic E-state index is -2.11. The van der Waals surface area contributed by atoms with Gasteiger partial charge >= 0.3 is 11.9 Å². The minimum absolute atomic E-state index is 0.0262. The number of hydrogen-bond acceptors (Lipinski definition) is 9. The van der Waals surface area contributed by atoms with Gasteiger partial charge in [-0.15, -0.1) is 0 Å². The highest BCUT2D eigenvalue weighted by molar-refractivity contribution is 5.99. The van der Waals surface area contributed by atoms with Gasteiger partial charge in [0.15, 0.2) is 11.9 Å². The van der Waals surface area contributed by atoms with Gasteiger partial charge in [-0.05, 0) is 38.3 Å². The number of rotatable bonds is 6. The van der Waals surface area contributed by atoms with Crippen LogP contribution in [0, 0.1) is 35.4 Å². The first-order chi connectivity index (χ1) is 20.1. The molecule has 1 saturated heterocycles. The van der Waals surface area contributed by atoms with Crippen molar-refractivity contribution in [1.82, 2.24) is 15.6 Å². The SMILES string of the molecule is CC(C)CC1OC(=O)[C@H](C)[C@H](O)[C@H](Cc2c(F)nc(F)c(F)c2F)NC(=O)[C@@H](NC(=O)c2ccccc2O)[C@@H](C)OC1=O. The van der Waals surface area contributed by atoms with Crippen LogP contribution in [-0.2, 0) is 30.3 Å². The lowest BCUT2D eigenvalue weighted by Gasteiger charge is -2.33. The third-order valence-corrected chi connectivity index (χ3v) is 6.83. The van der Waals surface area contributed by atoms with Gasteiger partial charge in [0.1, 0.15) is 17.9 Å². The number of nitrogens with one attached hydrogen (secondary N) is 2. The predicted molar refractivity (Wildman–Crippen MR) is 139 cm³/mol. The minimum Gasteiger partial charge on any atom is -0.507 e. The van der Waals surface area contributed by atoms with E-state index in [1.165, 1.54) is 31.2 Å². The number of phenols is 1. The Labute approximate surface area is 243 Å². The zero-order chi connectivity index (χ0) is 32.2. The van der Waals surface area contributed by atoms with Crippen LogP contribution in [0.25, 0.3) is 0 Å². The second kappa shape index (κ2) is 13.8. The molecule has 2 aromatic rings. The number of hydrogen-bond donors (Lipinski definition) is 4. The van der Waals surface area contributed by atoms with Gasteiger partial charge in [-0.3, -0.25) is 14.4 Å². The number of cyclic esters (lactones) is 2. The number of phenolic OH excluding ortho intramolecular Hbond substituents is 1. The smallest absolute Gasteiger partial charge is 0.347 e. The van der Waals surface area contributed by atoms with E-state index >= 15 is 0 Å². The van der Waals surface area contributed by atoms with Gasteiger partial charge in [0.25, 0.3) is 11.9 Å². The molecule has 0 saturated carbocycles. The lowest BCUT2D eigenvalue weighted by molar-refractivity contribution is -0.178. The quantitative estimate of drug-likeness (QED) is 0.217. The largest absolute Gasteiger partial charge is 0.507 e. The molecule has 234 valence electrons. The standard InChI is InChI=1S/C28H31F4N3O8/c1-11(2)9-18-28(41)42-13(4)21(34-25(38)14-7-5-6-8-17(14)36)26(39)33-16(22(37)12(3)27(40)43-18)10-15-19(29)20(30)24(32)35-23(15)31/h5-8,11-13,16,18,21-22,36-37H,9-10H2,1-4H3,(H,33,39)(H,34,38)/t12-,13-,16+,18?,21+,22+/m1/s1. The van der Waals surface area contributed by atoms with Crippen LogP contribution in [0.4, 0.5) is 17.6 Å². The second-order valence-corrected chi connectivity index (χ2v) is 10.6. The summed E-state index contributed by atoms with van der Waals surface area (Å²) >= 11 is 0. The Hall–Kier alpha value is -4.27. The molecule has 15 heteroatoms. The van der Waals surface area contributed by atoms with E-state index in [2.05, 4.69) is 15.6 Å². The summed E-state index contributed by atoms with van der Waals surface area (Å²) in [6.07, 6.45) is -5.99. The highest BCUT2D eigenvalue weighted by atomic mass is 19.2. The number of aliphatic hydroxyl groups excluding tert-OH is 1. The first-order valence-electron chi connectivity index (χ1n) is 13.3. The predicted octanol–water partition coefficient (Wildman–Crippen LogP) is 2.07. The first kappa shape index (κ1) is 33.2. The third kappa shape index (κ3) is 7.77. The molecule has 1 aliphatic rings. The van der Waals surface area contributed by atoms with Crippen LogP contribution >= 0.6 is 0 Å². The number of benzene rings is 1. The van der Waals surface area contributed by atoms with Crippen LogP contribution in [0.2, 0.25) is 0 Å². The van der Waals surface area contributed by atoms with Crippen molar-refractivity contribution < 1.29 is 56.4 Å². The average molecular weight is 614 g/mol. The molecule has 2 amide bonds. The van der Waals surface area contributed by atoms with Crippen molar-refractivity contribution in [3.63, 3.8) is 0 Å². The van der Waals surface area contributed by atoms with Crippen molar-refractivity contribution in [3.8, 4) is 5.75 Å². The fourth-order valence-electron chi connectivity index (χ4n) is 4.40. The molecule has 6 atom stereocenters. The number of esters is 2. The highest BCUT2D eigenvalue weighted by Crippen LogP contribution is 2.24. The van der Waals surface area contributed by atoms with Gasteiger partial charge < -0.3 is 30.3 Å². The molecular formula is C28H31F4N3O8. The van der Waals surface area contributed by atoms with Crippen molar-refractivity contribution in [3.05, 3.63) is 58.9 Å². The molecule has 2 heterocycles. The molecule has 0 aliphatic carbocycles. The fraction of sp³-hybridized carbons (Fsp3) is 0.464. The Morgan fingerprint density at radius 1 is 1.02 bits per heavy atom. The van der Waals surface area contributed by atoms with E-state index in [0.717, 1.165) is 6.92 Å². The Morgan fingerprint density at radius 3 is 2.30 bits per heavy atom. The summed E-state index contributed by atoms with van der Waals surface area (Å²) in [6, 6.07) is 1.79. The molecule has 1 aromatic carbocycles. The zero-order valence-corrected chi connectivity index (χ0v) is 23.6. The van der Waals surface area contributed by atoms with Gasteiger partial charge in [-0.1, -0.05) is 26.0 Å². The van der Waals surface area contributed by atoms with Gasteiger partial charge in [0.2, 0.25) is 17.7 Å². The van der Waals surface area contributed by atoms with Gasteiger partial charge in [-0.2, -0.15) is 18.2 Å². The summed E-state index contributed by atoms with van der Waals surface area (Å²) in [6.45, 7) is 5.80. The summed E-state index contributed by atoms with van der Waals surface area (Å²) in [4.78, 5) is 55.1. The topological polar surface area (TPSA) is 164 Å². The number of nitrogens with zero attached hydrogens (tertiary/aromatic N) is 1. The number of amides is 2. The second-order valence-electron chi connectivity index (χ2n) is 10.6. The number of halogens is 4. The van der Waals surface area contributed by atoms with Crippen LogP contribution in [0.5, 0.6) is 5.75 Å². The molecule has 3 rings (SSSR count). The lowest BCUT2D eigenvalue weighted by Crippen LogP contribution is -2.59. The number of carbonyl (C=O) groups excluding carboxylic acids is 4. The molecule has 0 radical (unpaired) electrons. The first-order valence-corrected chi connectivity index (χ1v) is 13.3. The summed E-state index contributed by atoms with van der Waals surface area (Å²) in [5.74, 6) is -14.4. The number of aliphatic hydroxyl groups is 1. The molecule has 1 aliphatic heterocycles. The molecular weight excluding hydrogens is 582 g/mol. The van der Waals surface area contributed by atoms with E-state index < -0.39 is 101 Å². The average Bonchev–Trinajstić information content (AvgIpc) is 2.94. The van der Waals surface area contributed by atoms with Crippen molar-refractivity contribution in [2.75, 3.05) is 0 Å². The van der Waals surface area contributed by atoms with Crippen LogP contribution in [0.15, 0.2) is 24.3 Å². The van der Waals surface area contributed by atoms with E-state index in [1.807, 2.05) is 0 Å². The van der Waals surface area contributed by atoms with Gasteiger partial charge in [0, 0.05) is 12.0 Å². The van der Waals surface area contributed by atoms with Gasteiger partial charge in [0.05, 0.1) is 23.6 Å². The number of carbonyl (C=O) groups is 4. The molecule has 1 unspecified atom stereocenters. The molecule has 1 aromatic heterocycles. The van der Waals surface area contributed by atoms with Crippen molar-refractivity contribution in [1.29, 1.82) is 0 Å². The summed E-state index contributed by atoms with van der Waals surface area (Å²) in [5, 5.41) is 25.7. The van der Waals surface area contributed by atoms with E-state index in [9.17, 15) is 47.0 Å². The highest BCUT2D eigenvalue weighted by Gasteiger charge is 2.41. The number of para-hydroxylation sites is 1. The van der Waals surface area contributed by atoms with Crippen LogP contribution in [-0.4, -0.2) is 69.3 Å². The molecule has 43 heavy (non-hydrogen) atoms. The maximum Gasteiger partial charge on any atom is 0.347 e. The van der Waals surface area contributed by atoms with Crippen molar-refractivity contribution in [2.24, 2.45) is 11.8 Å². The van der Waals surface area contributed by atoms with Crippen molar-refractivity contribution in [2.45, 2.75) is 70.9 Å². The third-order valence-electron chi connectivity index (χ3n) is 6.83. The molecule has 0 spiro atoms. The summed E-state index contributed by atoms with van der Waals surface area (Å²) < 4.78 is 67.1.